The van der Waals surface area contributed by atoms with Crippen molar-refractivity contribution >= 4 is 5.91 Å². The minimum atomic E-state index is 0.0106. The van der Waals surface area contributed by atoms with Crippen LogP contribution in [-0.4, -0.2) is 73.7 Å². The fourth-order valence-electron chi connectivity index (χ4n) is 4.90. The van der Waals surface area contributed by atoms with E-state index >= 15 is 0 Å². The number of piperidine rings is 2. The molecule has 0 aromatic carbocycles. The van der Waals surface area contributed by atoms with Crippen molar-refractivity contribution < 1.29 is 9.53 Å². The normalized spacial score (nSPS) is 39.1. The van der Waals surface area contributed by atoms with Gasteiger partial charge in [-0.25, -0.2) is 0 Å². The number of carbonyl (C=O) groups is 1. The minimum Gasteiger partial charge on any atom is -0.372 e. The molecule has 1 spiro atoms. The Morgan fingerprint density at radius 2 is 2.05 bits per heavy atom. The molecule has 5 heteroatoms. The topological polar surface area (TPSA) is 44.8 Å². The van der Waals surface area contributed by atoms with Crippen molar-refractivity contribution in [3.63, 3.8) is 0 Å². The Balaban J connectivity index is 1.38. The van der Waals surface area contributed by atoms with Gasteiger partial charge in [0.2, 0.25) is 5.91 Å². The molecular formula is C16H27N3O2. The van der Waals surface area contributed by atoms with Crippen molar-refractivity contribution in [3.05, 3.63) is 0 Å². The van der Waals surface area contributed by atoms with Gasteiger partial charge in [0, 0.05) is 32.2 Å². The number of ether oxygens (including phenoxy) is 1. The second-order valence-corrected chi connectivity index (χ2v) is 7.47. The van der Waals surface area contributed by atoms with Crippen molar-refractivity contribution in [2.75, 3.05) is 46.4 Å². The summed E-state index contributed by atoms with van der Waals surface area (Å²) in [7, 11) is 2.17. The summed E-state index contributed by atoms with van der Waals surface area (Å²) < 4.78 is 6.09. The highest BCUT2D eigenvalue weighted by Crippen LogP contribution is 2.39. The number of hydrogen-bond donors (Lipinski definition) is 1. The van der Waals surface area contributed by atoms with Crippen molar-refractivity contribution in [3.8, 4) is 0 Å². The average molecular weight is 293 g/mol. The third-order valence-electron chi connectivity index (χ3n) is 6.14. The average Bonchev–Trinajstić information content (AvgIpc) is 3.07. The highest BCUT2D eigenvalue weighted by molar-refractivity contribution is 5.81. The second-order valence-electron chi connectivity index (χ2n) is 7.47. The zero-order valence-electron chi connectivity index (χ0n) is 13.0. The van der Waals surface area contributed by atoms with E-state index in [4.69, 9.17) is 4.74 Å². The smallest absolute Gasteiger partial charge is 0.227 e. The van der Waals surface area contributed by atoms with Gasteiger partial charge in [-0.1, -0.05) is 0 Å². The van der Waals surface area contributed by atoms with E-state index in [-0.39, 0.29) is 11.5 Å². The summed E-state index contributed by atoms with van der Waals surface area (Å²) in [6.45, 7) is 5.69. The monoisotopic (exact) mass is 293 g/mol. The quantitative estimate of drug-likeness (QED) is 0.756. The molecule has 2 bridgehead atoms. The standard InChI is InChI=1S/C16H27N3O2/c1-18-8-9-21-16(11-18)4-6-19(7-5-16)15(20)14-12-2-3-13(14)17-10-12/h12-14,17H,2-11H2,1H3/t12-,13-,14+/m0/s1. The first-order valence-corrected chi connectivity index (χ1v) is 8.52. The Morgan fingerprint density at radius 1 is 1.24 bits per heavy atom. The molecule has 4 fully saturated rings. The number of fused-ring (bicyclic) bond motifs is 2. The Hall–Kier alpha value is -0.650. The molecule has 1 aliphatic carbocycles. The van der Waals surface area contributed by atoms with Crippen molar-refractivity contribution in [2.24, 2.45) is 11.8 Å². The number of nitrogens with zero attached hydrogens (tertiary/aromatic N) is 2. The molecule has 4 aliphatic rings. The molecule has 3 saturated heterocycles. The van der Waals surface area contributed by atoms with Crippen LogP contribution in [0.15, 0.2) is 0 Å². The largest absolute Gasteiger partial charge is 0.372 e. The molecule has 1 amide bonds. The summed E-state index contributed by atoms with van der Waals surface area (Å²) in [4.78, 5) is 17.3. The third kappa shape index (κ3) is 2.39. The Morgan fingerprint density at radius 3 is 2.62 bits per heavy atom. The van der Waals surface area contributed by atoms with Gasteiger partial charge in [0.05, 0.1) is 18.1 Å². The van der Waals surface area contributed by atoms with Crippen LogP contribution in [0.4, 0.5) is 0 Å². The van der Waals surface area contributed by atoms with Crippen LogP contribution in [0.25, 0.3) is 0 Å². The van der Waals surface area contributed by atoms with Gasteiger partial charge < -0.3 is 19.9 Å². The van der Waals surface area contributed by atoms with E-state index in [2.05, 4.69) is 22.2 Å². The number of amides is 1. The lowest BCUT2D eigenvalue weighted by Gasteiger charge is -2.47. The van der Waals surface area contributed by atoms with E-state index in [1.54, 1.807) is 0 Å². The number of nitrogens with one attached hydrogen (secondary N) is 1. The van der Waals surface area contributed by atoms with E-state index < -0.39 is 0 Å². The Labute approximate surface area is 127 Å². The molecule has 118 valence electrons. The van der Waals surface area contributed by atoms with Gasteiger partial charge in [-0.3, -0.25) is 4.79 Å². The van der Waals surface area contributed by atoms with Gasteiger partial charge in [0.15, 0.2) is 0 Å². The van der Waals surface area contributed by atoms with Gasteiger partial charge in [0.25, 0.3) is 0 Å². The summed E-state index contributed by atoms with van der Waals surface area (Å²) in [6.07, 6.45) is 4.42. The number of morpholine rings is 1. The number of hydrogen-bond acceptors (Lipinski definition) is 4. The minimum absolute atomic E-state index is 0.0106. The third-order valence-corrected chi connectivity index (χ3v) is 6.14. The highest BCUT2D eigenvalue weighted by Gasteiger charge is 2.48. The SMILES string of the molecule is CN1CCOC2(CCN(C(=O)[C@@H]3[C@H]4CC[C@@H]3NC4)CC2)C1. The Bertz CT molecular complexity index is 400. The first-order chi connectivity index (χ1) is 10.2. The molecule has 1 saturated carbocycles. The van der Waals surface area contributed by atoms with E-state index in [0.717, 1.165) is 52.2 Å². The first-order valence-electron chi connectivity index (χ1n) is 8.52. The number of rotatable bonds is 1. The van der Waals surface area contributed by atoms with Gasteiger partial charge in [-0.15, -0.1) is 0 Å². The summed E-state index contributed by atoms with van der Waals surface area (Å²) >= 11 is 0. The van der Waals surface area contributed by atoms with E-state index in [1.807, 2.05) is 0 Å². The molecule has 0 aromatic rings. The maximum absolute atomic E-state index is 12.8. The molecule has 3 atom stereocenters. The Kier molecular flexibility index (Phi) is 3.47. The van der Waals surface area contributed by atoms with Crippen LogP contribution in [0, 0.1) is 11.8 Å². The van der Waals surface area contributed by atoms with Crippen LogP contribution < -0.4 is 5.32 Å². The van der Waals surface area contributed by atoms with Crippen LogP contribution in [0.5, 0.6) is 0 Å². The molecular weight excluding hydrogens is 266 g/mol. The van der Waals surface area contributed by atoms with Crippen molar-refractivity contribution in [1.29, 1.82) is 0 Å². The van der Waals surface area contributed by atoms with Gasteiger partial charge in [-0.2, -0.15) is 0 Å². The summed E-state index contributed by atoms with van der Waals surface area (Å²) in [5.41, 5.74) is 0.0106. The molecule has 3 aliphatic heterocycles. The van der Waals surface area contributed by atoms with E-state index in [1.165, 1.54) is 12.8 Å². The highest BCUT2D eigenvalue weighted by atomic mass is 16.5. The molecule has 4 rings (SSSR count). The van der Waals surface area contributed by atoms with Crippen LogP contribution in [0.2, 0.25) is 0 Å². The van der Waals surface area contributed by atoms with Crippen LogP contribution in [0.3, 0.4) is 0 Å². The van der Waals surface area contributed by atoms with E-state index in [9.17, 15) is 4.79 Å². The van der Waals surface area contributed by atoms with Gasteiger partial charge in [0.1, 0.15) is 0 Å². The molecule has 21 heavy (non-hydrogen) atoms. The molecule has 0 aromatic heterocycles. The van der Waals surface area contributed by atoms with Crippen LogP contribution >= 0.6 is 0 Å². The molecule has 0 unspecified atom stereocenters. The molecule has 0 radical (unpaired) electrons. The lowest BCUT2D eigenvalue weighted by atomic mass is 9.88. The van der Waals surface area contributed by atoms with Gasteiger partial charge >= 0.3 is 0 Å². The predicted molar refractivity (Wildman–Crippen MR) is 80.0 cm³/mol. The first kappa shape index (κ1) is 14.0. The fourth-order valence-corrected chi connectivity index (χ4v) is 4.90. The summed E-state index contributed by atoms with van der Waals surface area (Å²) in [6, 6.07) is 0.454. The van der Waals surface area contributed by atoms with Crippen LogP contribution in [0.1, 0.15) is 25.7 Å². The molecule has 3 heterocycles. The molecule has 5 nitrogen and oxygen atoms in total. The number of likely N-dealkylation sites (N-methyl/N-ethyl adjacent to an activating group) is 1. The van der Waals surface area contributed by atoms with Crippen molar-refractivity contribution in [2.45, 2.75) is 37.3 Å². The summed E-state index contributed by atoms with van der Waals surface area (Å²) in [5, 5.41) is 3.51. The predicted octanol–water partition coefficient (Wildman–Crippen LogP) is 0.308. The second kappa shape index (κ2) is 5.21. The van der Waals surface area contributed by atoms with E-state index in [0.29, 0.717) is 17.9 Å². The zero-order chi connectivity index (χ0) is 14.4. The fraction of sp³-hybridized carbons (Fsp3) is 0.938. The zero-order valence-corrected chi connectivity index (χ0v) is 13.0. The maximum Gasteiger partial charge on any atom is 0.227 e. The van der Waals surface area contributed by atoms with Crippen LogP contribution in [-0.2, 0) is 9.53 Å². The lowest BCUT2D eigenvalue weighted by molar-refractivity contribution is -0.151. The number of carbonyl (C=O) groups excluding carboxylic acids is 1. The summed E-state index contributed by atoms with van der Waals surface area (Å²) in [5.74, 6) is 1.26. The number of likely N-dealkylation sites (tertiary alicyclic amines) is 1. The van der Waals surface area contributed by atoms with Gasteiger partial charge in [-0.05, 0) is 45.2 Å². The van der Waals surface area contributed by atoms with Crippen molar-refractivity contribution in [1.82, 2.24) is 15.1 Å². The lowest BCUT2D eigenvalue weighted by Crippen LogP contribution is -2.57. The maximum atomic E-state index is 12.8. The molecule has 1 N–H and O–H groups in total.